The quantitative estimate of drug-likeness (QED) is 0.621. The summed E-state index contributed by atoms with van der Waals surface area (Å²) in [5.74, 6) is 0.161. The molecule has 7 nitrogen and oxygen atoms in total. The Hall–Kier alpha value is -2.71. The van der Waals surface area contributed by atoms with Crippen LogP contribution in [0.2, 0.25) is 0 Å². The zero-order chi connectivity index (χ0) is 25.3. The van der Waals surface area contributed by atoms with Crippen LogP contribution in [-0.2, 0) is 26.0 Å². The van der Waals surface area contributed by atoms with Crippen molar-refractivity contribution in [3.63, 3.8) is 0 Å². The number of anilines is 2. The Morgan fingerprint density at radius 2 is 1.66 bits per heavy atom. The number of rotatable bonds is 6. The first-order valence-corrected chi connectivity index (χ1v) is 13.8. The fourth-order valence-electron chi connectivity index (χ4n) is 5.49. The van der Waals surface area contributed by atoms with E-state index in [9.17, 15) is 18.0 Å². The topological polar surface area (TPSA) is 95.6 Å². The van der Waals surface area contributed by atoms with E-state index in [4.69, 9.17) is 0 Å². The molecule has 2 N–H and O–H groups in total. The molecule has 0 spiro atoms. The van der Waals surface area contributed by atoms with Gasteiger partial charge in [0.1, 0.15) is 0 Å². The molecule has 0 aromatic heterocycles. The van der Waals surface area contributed by atoms with Crippen LogP contribution < -0.4 is 14.9 Å². The summed E-state index contributed by atoms with van der Waals surface area (Å²) in [4.78, 5) is 26.6. The number of hydrogen-bond acceptors (Lipinski definition) is 4. The molecule has 2 aromatic carbocycles. The molecular weight excluding hydrogens is 462 g/mol. The number of amides is 2. The van der Waals surface area contributed by atoms with E-state index in [-0.39, 0.29) is 34.6 Å². The van der Waals surface area contributed by atoms with Gasteiger partial charge in [-0.1, -0.05) is 6.07 Å². The number of benzene rings is 2. The molecule has 35 heavy (non-hydrogen) atoms. The highest BCUT2D eigenvalue weighted by Gasteiger charge is 2.31. The summed E-state index contributed by atoms with van der Waals surface area (Å²) in [6.07, 6.45) is 3.76. The Bertz CT molecular complexity index is 1210. The molecule has 1 fully saturated rings. The minimum Gasteiger partial charge on any atom is -0.326 e. The van der Waals surface area contributed by atoms with Crippen LogP contribution in [-0.4, -0.2) is 32.8 Å². The van der Waals surface area contributed by atoms with Crippen LogP contribution in [0, 0.1) is 25.7 Å². The molecule has 0 bridgehead atoms. The van der Waals surface area contributed by atoms with Crippen molar-refractivity contribution in [3.05, 3.63) is 53.1 Å². The van der Waals surface area contributed by atoms with Gasteiger partial charge < -0.3 is 10.2 Å². The van der Waals surface area contributed by atoms with Crippen LogP contribution in [0.4, 0.5) is 11.4 Å². The molecule has 1 saturated carbocycles. The number of nitrogens with zero attached hydrogens (tertiary/aromatic N) is 1. The van der Waals surface area contributed by atoms with Crippen LogP contribution in [0.1, 0.15) is 56.2 Å². The first kappa shape index (κ1) is 25.4. The zero-order valence-corrected chi connectivity index (χ0v) is 21.7. The first-order valence-electron chi connectivity index (χ1n) is 12.3. The van der Waals surface area contributed by atoms with Crippen LogP contribution in [0.25, 0.3) is 0 Å². The van der Waals surface area contributed by atoms with Crippen molar-refractivity contribution in [2.75, 3.05) is 16.8 Å². The van der Waals surface area contributed by atoms with E-state index in [0.717, 1.165) is 53.7 Å². The van der Waals surface area contributed by atoms with Gasteiger partial charge in [-0.3, -0.25) is 9.59 Å². The number of sulfonamides is 1. The summed E-state index contributed by atoms with van der Waals surface area (Å²) in [5.41, 5.74) is 4.74. The summed E-state index contributed by atoms with van der Waals surface area (Å²) in [5, 5.41) is 3.04. The highest BCUT2D eigenvalue weighted by Crippen LogP contribution is 2.34. The van der Waals surface area contributed by atoms with Crippen molar-refractivity contribution in [1.29, 1.82) is 0 Å². The minimum atomic E-state index is -3.65. The summed E-state index contributed by atoms with van der Waals surface area (Å²) in [6, 6.07) is 11.0. The van der Waals surface area contributed by atoms with Gasteiger partial charge in [-0.05, 0) is 106 Å². The highest BCUT2D eigenvalue weighted by molar-refractivity contribution is 7.89. The van der Waals surface area contributed by atoms with Crippen LogP contribution in [0.3, 0.4) is 0 Å². The lowest BCUT2D eigenvalue weighted by molar-refractivity contribution is -0.121. The second-order valence-electron chi connectivity index (χ2n) is 10.2. The molecule has 2 aromatic rings. The standard InChI is InChI=1S/C27H35N3O4S/c1-17-11-18(2)13-24(12-17)29-27(32)22-7-5-21(6-8-22)16-28-35(33,34)25-9-10-26-23(15-25)14-19(3)30(26)20(4)31/h9-13,15,19,21-22,28H,5-8,14,16H2,1-4H3,(H,29,32)/t19-,21?,22?/m0/s1. The van der Waals surface area contributed by atoms with Gasteiger partial charge in [0.25, 0.3) is 0 Å². The number of carbonyl (C=O) groups excluding carboxylic acids is 2. The van der Waals surface area contributed by atoms with Crippen LogP contribution in [0.5, 0.6) is 0 Å². The van der Waals surface area contributed by atoms with Crippen molar-refractivity contribution in [2.24, 2.45) is 11.8 Å². The second-order valence-corrected chi connectivity index (χ2v) is 11.9. The van der Waals surface area contributed by atoms with Crippen molar-refractivity contribution in [2.45, 2.75) is 70.7 Å². The maximum atomic E-state index is 12.9. The molecular formula is C27H35N3O4S. The normalized spacial score (nSPS) is 22.1. The largest absolute Gasteiger partial charge is 0.326 e. The van der Waals surface area contributed by atoms with Gasteiger partial charge in [0.2, 0.25) is 21.8 Å². The molecule has 1 atom stereocenters. The zero-order valence-electron chi connectivity index (χ0n) is 20.9. The van der Waals surface area contributed by atoms with Gasteiger partial charge >= 0.3 is 0 Å². The average Bonchev–Trinajstić information content (AvgIpc) is 3.12. The third kappa shape index (κ3) is 5.76. The SMILES string of the molecule is CC(=O)N1c2ccc(S(=O)(=O)NCC3CCC(C(=O)Nc4cc(C)cc(C)c4)CC3)cc2C[C@@H]1C. The van der Waals surface area contributed by atoms with E-state index in [0.29, 0.717) is 13.0 Å². The van der Waals surface area contributed by atoms with Gasteiger partial charge in [-0.25, -0.2) is 13.1 Å². The first-order chi connectivity index (χ1) is 16.5. The minimum absolute atomic E-state index is 0.0238. The fraction of sp³-hybridized carbons (Fsp3) is 0.481. The van der Waals surface area contributed by atoms with Gasteiger partial charge in [-0.15, -0.1) is 0 Å². The molecule has 1 heterocycles. The molecule has 1 aliphatic heterocycles. The summed E-state index contributed by atoms with van der Waals surface area (Å²) in [7, 11) is -3.65. The van der Waals surface area contributed by atoms with Crippen molar-refractivity contribution in [1.82, 2.24) is 4.72 Å². The van der Waals surface area contributed by atoms with E-state index in [1.807, 2.05) is 32.9 Å². The molecule has 1 aliphatic carbocycles. The smallest absolute Gasteiger partial charge is 0.240 e. The van der Waals surface area contributed by atoms with E-state index in [1.54, 1.807) is 23.1 Å². The van der Waals surface area contributed by atoms with E-state index in [1.165, 1.54) is 6.92 Å². The van der Waals surface area contributed by atoms with Crippen molar-refractivity contribution >= 4 is 33.2 Å². The highest BCUT2D eigenvalue weighted by atomic mass is 32.2. The fourth-order valence-corrected chi connectivity index (χ4v) is 6.65. The number of nitrogens with one attached hydrogen (secondary N) is 2. The molecule has 0 radical (unpaired) electrons. The molecule has 188 valence electrons. The van der Waals surface area contributed by atoms with E-state index < -0.39 is 10.0 Å². The van der Waals surface area contributed by atoms with Crippen molar-refractivity contribution < 1.29 is 18.0 Å². The predicted octanol–water partition coefficient (Wildman–Crippen LogP) is 4.32. The molecule has 2 aliphatic rings. The monoisotopic (exact) mass is 497 g/mol. The summed E-state index contributed by atoms with van der Waals surface area (Å²) in [6.45, 7) is 7.88. The van der Waals surface area contributed by atoms with Gasteiger partial charge in [-0.2, -0.15) is 0 Å². The Morgan fingerprint density at radius 1 is 1.00 bits per heavy atom. The van der Waals surface area contributed by atoms with Crippen LogP contribution >= 0.6 is 0 Å². The number of hydrogen-bond donors (Lipinski definition) is 2. The lowest BCUT2D eigenvalue weighted by Gasteiger charge is -2.28. The molecule has 0 unspecified atom stereocenters. The summed E-state index contributed by atoms with van der Waals surface area (Å²) < 4.78 is 28.7. The number of aryl methyl sites for hydroxylation is 2. The Balaban J connectivity index is 1.30. The van der Waals surface area contributed by atoms with Crippen LogP contribution in [0.15, 0.2) is 41.3 Å². The van der Waals surface area contributed by atoms with Gasteiger partial charge in [0.05, 0.1) is 4.90 Å². The number of carbonyl (C=O) groups is 2. The molecule has 8 heteroatoms. The second kappa shape index (κ2) is 10.1. The number of fused-ring (bicyclic) bond motifs is 1. The van der Waals surface area contributed by atoms with Gasteiger partial charge in [0, 0.05) is 36.8 Å². The Morgan fingerprint density at radius 3 is 2.29 bits per heavy atom. The lowest BCUT2D eigenvalue weighted by Crippen LogP contribution is -2.34. The molecule has 2 amide bonds. The third-order valence-corrected chi connectivity index (χ3v) is 8.61. The van der Waals surface area contributed by atoms with E-state index in [2.05, 4.69) is 16.1 Å². The van der Waals surface area contributed by atoms with E-state index >= 15 is 0 Å². The maximum Gasteiger partial charge on any atom is 0.240 e. The predicted molar refractivity (Wildman–Crippen MR) is 138 cm³/mol. The average molecular weight is 498 g/mol. The Labute approximate surface area is 208 Å². The third-order valence-electron chi connectivity index (χ3n) is 7.18. The van der Waals surface area contributed by atoms with Crippen molar-refractivity contribution in [3.8, 4) is 0 Å². The lowest BCUT2D eigenvalue weighted by atomic mass is 9.81. The molecule has 0 saturated heterocycles. The maximum absolute atomic E-state index is 12.9. The Kier molecular flexibility index (Phi) is 7.33. The van der Waals surface area contributed by atoms with Gasteiger partial charge in [0.15, 0.2) is 0 Å². The summed E-state index contributed by atoms with van der Waals surface area (Å²) >= 11 is 0. The molecule has 4 rings (SSSR count).